The number of rotatable bonds is 2. The van der Waals surface area contributed by atoms with Crippen LogP contribution in [0.4, 0.5) is 0 Å². The van der Waals surface area contributed by atoms with Gasteiger partial charge in [0.15, 0.2) is 0 Å². The molecule has 0 aliphatic carbocycles. The molecule has 0 amide bonds. The van der Waals surface area contributed by atoms with Crippen molar-refractivity contribution in [2.24, 2.45) is 7.05 Å². The van der Waals surface area contributed by atoms with E-state index < -0.39 is 0 Å². The van der Waals surface area contributed by atoms with E-state index in [0.717, 1.165) is 23.9 Å². The van der Waals surface area contributed by atoms with E-state index in [-0.39, 0.29) is 0 Å². The van der Waals surface area contributed by atoms with Crippen molar-refractivity contribution in [2.45, 2.75) is 26.4 Å². The zero-order chi connectivity index (χ0) is 11.7. The number of thioether (sulfide) groups is 1. The van der Waals surface area contributed by atoms with Gasteiger partial charge < -0.3 is 0 Å². The molecule has 2 rings (SSSR count). The highest BCUT2D eigenvalue weighted by Gasteiger charge is 2.21. The maximum atomic E-state index is 6.25. The topological polar surface area (TPSA) is 21.1 Å². The smallest absolute Gasteiger partial charge is 0.131 e. The van der Waals surface area contributed by atoms with Crippen LogP contribution in [0.25, 0.3) is 0 Å². The van der Waals surface area contributed by atoms with Crippen LogP contribution in [0.2, 0.25) is 5.15 Å². The monoisotopic (exact) mass is 259 g/mol. The Hall–Kier alpha value is -0.190. The van der Waals surface area contributed by atoms with Gasteiger partial charge in [0, 0.05) is 43.2 Å². The van der Waals surface area contributed by atoms with Gasteiger partial charge in [-0.05, 0) is 13.8 Å². The molecular weight excluding hydrogens is 242 g/mol. The van der Waals surface area contributed by atoms with Crippen molar-refractivity contribution in [1.29, 1.82) is 0 Å². The molecule has 1 aliphatic heterocycles. The van der Waals surface area contributed by atoms with Crippen LogP contribution in [0.5, 0.6) is 0 Å². The first-order valence-electron chi connectivity index (χ1n) is 5.59. The first-order chi connectivity index (χ1) is 7.59. The van der Waals surface area contributed by atoms with Crippen LogP contribution in [0.15, 0.2) is 0 Å². The fourth-order valence-electron chi connectivity index (χ4n) is 2.05. The summed E-state index contributed by atoms with van der Waals surface area (Å²) in [7, 11) is 1.90. The summed E-state index contributed by atoms with van der Waals surface area (Å²) in [6.45, 7) is 6.40. The number of hydrogen-bond donors (Lipinski definition) is 0. The van der Waals surface area contributed by atoms with Gasteiger partial charge in [0.2, 0.25) is 0 Å². The number of hydrogen-bond acceptors (Lipinski definition) is 3. The predicted octanol–water partition coefficient (Wildman–Crippen LogP) is 2.32. The molecule has 0 N–H and O–H groups in total. The highest BCUT2D eigenvalue weighted by molar-refractivity contribution is 7.99. The van der Waals surface area contributed by atoms with Gasteiger partial charge >= 0.3 is 0 Å². The Labute approximate surface area is 106 Å². The average Bonchev–Trinajstić information content (AvgIpc) is 2.48. The van der Waals surface area contributed by atoms with Gasteiger partial charge in [-0.1, -0.05) is 11.6 Å². The van der Waals surface area contributed by atoms with E-state index in [1.54, 1.807) is 4.68 Å². The second-order valence-electron chi connectivity index (χ2n) is 4.37. The number of aryl methyl sites for hydroxylation is 2. The molecule has 1 aromatic rings. The van der Waals surface area contributed by atoms with E-state index in [9.17, 15) is 0 Å². The number of halogens is 1. The Bertz CT molecular complexity index is 378. The Kier molecular flexibility index (Phi) is 3.82. The maximum Gasteiger partial charge on any atom is 0.131 e. The minimum atomic E-state index is 0.634. The summed E-state index contributed by atoms with van der Waals surface area (Å²) in [5, 5.41) is 5.13. The van der Waals surface area contributed by atoms with Gasteiger partial charge in [0.05, 0.1) is 5.69 Å². The number of aromatic nitrogens is 2. The van der Waals surface area contributed by atoms with Crippen LogP contribution in [0.3, 0.4) is 0 Å². The van der Waals surface area contributed by atoms with E-state index in [0.29, 0.717) is 6.04 Å². The van der Waals surface area contributed by atoms with E-state index in [1.807, 2.05) is 25.7 Å². The summed E-state index contributed by atoms with van der Waals surface area (Å²) < 4.78 is 1.76. The van der Waals surface area contributed by atoms with Gasteiger partial charge in [-0.25, -0.2) is 0 Å². The third-order valence-electron chi connectivity index (χ3n) is 3.14. The molecule has 1 aromatic heterocycles. The minimum absolute atomic E-state index is 0.634. The lowest BCUT2D eigenvalue weighted by Crippen LogP contribution is -2.39. The van der Waals surface area contributed by atoms with Gasteiger partial charge in [0.25, 0.3) is 0 Å². The molecule has 16 heavy (non-hydrogen) atoms. The van der Waals surface area contributed by atoms with Crippen molar-refractivity contribution < 1.29 is 0 Å². The summed E-state index contributed by atoms with van der Waals surface area (Å²) in [6, 6.07) is 0.634. The van der Waals surface area contributed by atoms with Crippen LogP contribution in [0, 0.1) is 6.92 Å². The highest BCUT2D eigenvalue weighted by atomic mass is 35.5. The molecule has 2 heterocycles. The van der Waals surface area contributed by atoms with Crippen LogP contribution in [-0.4, -0.2) is 38.8 Å². The zero-order valence-corrected chi connectivity index (χ0v) is 11.6. The normalized spacial score (nSPS) is 22.6. The molecule has 3 nitrogen and oxygen atoms in total. The fraction of sp³-hybridized carbons (Fsp3) is 0.727. The lowest BCUT2D eigenvalue weighted by Gasteiger charge is -2.32. The third kappa shape index (κ3) is 2.39. The van der Waals surface area contributed by atoms with E-state index in [2.05, 4.69) is 16.9 Å². The summed E-state index contributed by atoms with van der Waals surface area (Å²) >= 11 is 8.29. The predicted molar refractivity (Wildman–Crippen MR) is 70.2 cm³/mol. The van der Waals surface area contributed by atoms with Crippen LogP contribution < -0.4 is 0 Å². The van der Waals surface area contributed by atoms with Crippen LogP contribution >= 0.6 is 23.4 Å². The zero-order valence-electron chi connectivity index (χ0n) is 10.0. The second-order valence-corrected chi connectivity index (χ2v) is 5.88. The summed E-state index contributed by atoms with van der Waals surface area (Å²) in [6.07, 6.45) is 0. The molecular formula is C11H18ClN3S. The Morgan fingerprint density at radius 1 is 1.56 bits per heavy atom. The lowest BCUT2D eigenvalue weighted by atomic mass is 10.2. The SMILES string of the molecule is Cc1nn(C)c(Cl)c1CN1CCSCC1C. The van der Waals surface area contributed by atoms with Gasteiger partial charge in [0.1, 0.15) is 5.15 Å². The van der Waals surface area contributed by atoms with Crippen molar-refractivity contribution in [3.05, 3.63) is 16.4 Å². The van der Waals surface area contributed by atoms with E-state index >= 15 is 0 Å². The third-order valence-corrected chi connectivity index (χ3v) is 4.80. The quantitative estimate of drug-likeness (QED) is 0.814. The van der Waals surface area contributed by atoms with Gasteiger partial charge in [-0.2, -0.15) is 16.9 Å². The molecule has 0 aromatic carbocycles. The molecule has 0 spiro atoms. The van der Waals surface area contributed by atoms with Gasteiger partial charge in [-0.15, -0.1) is 0 Å². The average molecular weight is 260 g/mol. The maximum absolute atomic E-state index is 6.25. The second kappa shape index (κ2) is 4.98. The molecule has 0 saturated carbocycles. The standard InChI is InChI=1S/C11H18ClN3S/c1-8-7-16-5-4-15(8)6-10-9(2)13-14(3)11(10)12/h8H,4-7H2,1-3H3. The largest absolute Gasteiger partial charge is 0.295 e. The molecule has 5 heteroatoms. The van der Waals surface area contributed by atoms with Crippen LogP contribution in [0.1, 0.15) is 18.2 Å². The fourth-order valence-corrected chi connectivity index (χ4v) is 3.37. The van der Waals surface area contributed by atoms with Crippen molar-refractivity contribution in [3.63, 3.8) is 0 Å². The summed E-state index contributed by atoms with van der Waals surface area (Å²) in [4.78, 5) is 2.49. The molecule has 1 aliphatic rings. The minimum Gasteiger partial charge on any atom is -0.295 e. The molecule has 1 saturated heterocycles. The Morgan fingerprint density at radius 3 is 2.88 bits per heavy atom. The molecule has 0 bridgehead atoms. The van der Waals surface area contributed by atoms with E-state index in [4.69, 9.17) is 11.6 Å². The molecule has 0 radical (unpaired) electrons. The van der Waals surface area contributed by atoms with Crippen molar-refractivity contribution in [2.75, 3.05) is 18.1 Å². The summed E-state index contributed by atoms with van der Waals surface area (Å²) in [5.41, 5.74) is 2.24. The first kappa shape index (κ1) is 12.3. The first-order valence-corrected chi connectivity index (χ1v) is 7.12. The van der Waals surface area contributed by atoms with Crippen LogP contribution in [-0.2, 0) is 13.6 Å². The highest BCUT2D eigenvalue weighted by Crippen LogP contribution is 2.24. The van der Waals surface area contributed by atoms with E-state index in [1.165, 1.54) is 17.1 Å². The van der Waals surface area contributed by atoms with Crippen molar-refractivity contribution in [3.8, 4) is 0 Å². The molecule has 1 atom stereocenters. The molecule has 90 valence electrons. The Morgan fingerprint density at radius 2 is 2.31 bits per heavy atom. The number of nitrogens with zero attached hydrogens (tertiary/aromatic N) is 3. The molecule has 1 fully saturated rings. The Balaban J connectivity index is 2.13. The van der Waals surface area contributed by atoms with Crippen molar-refractivity contribution >= 4 is 23.4 Å². The molecule has 1 unspecified atom stereocenters. The van der Waals surface area contributed by atoms with Crippen molar-refractivity contribution in [1.82, 2.24) is 14.7 Å². The lowest BCUT2D eigenvalue weighted by molar-refractivity contribution is 0.223. The summed E-state index contributed by atoms with van der Waals surface area (Å²) in [5.74, 6) is 2.44. The van der Waals surface area contributed by atoms with Gasteiger partial charge in [-0.3, -0.25) is 9.58 Å².